The van der Waals surface area contributed by atoms with Crippen LogP contribution in [0.15, 0.2) is 0 Å². The van der Waals surface area contributed by atoms with Gasteiger partial charge in [-0.05, 0) is 57.7 Å². The van der Waals surface area contributed by atoms with Gasteiger partial charge >= 0.3 is 0 Å². The fourth-order valence-corrected chi connectivity index (χ4v) is 2.68. The number of aliphatic hydroxyl groups is 1. The molecule has 1 atom stereocenters. The van der Waals surface area contributed by atoms with Gasteiger partial charge in [0.25, 0.3) is 0 Å². The molecule has 2 saturated heterocycles. The molecule has 0 aromatic heterocycles. The second-order valence-corrected chi connectivity index (χ2v) is 5.07. The summed E-state index contributed by atoms with van der Waals surface area (Å²) in [6.45, 7) is 5.87. The van der Waals surface area contributed by atoms with E-state index in [-0.39, 0.29) is 6.10 Å². The van der Waals surface area contributed by atoms with Gasteiger partial charge in [0, 0.05) is 13.1 Å². The summed E-state index contributed by atoms with van der Waals surface area (Å²) in [4.78, 5) is 2.52. The molecule has 15 heavy (non-hydrogen) atoms. The van der Waals surface area contributed by atoms with Crippen LogP contribution in [-0.4, -0.2) is 48.8 Å². The largest absolute Gasteiger partial charge is 0.393 e. The zero-order chi connectivity index (χ0) is 10.5. The minimum Gasteiger partial charge on any atom is -0.393 e. The maximum Gasteiger partial charge on any atom is 0.0564 e. The Morgan fingerprint density at radius 1 is 1.20 bits per heavy atom. The first-order valence-corrected chi connectivity index (χ1v) is 6.46. The third-order valence-electron chi connectivity index (χ3n) is 3.81. The van der Waals surface area contributed by atoms with E-state index in [4.69, 9.17) is 0 Å². The smallest absolute Gasteiger partial charge is 0.0564 e. The molecular formula is C12H24N2O. The summed E-state index contributed by atoms with van der Waals surface area (Å²) in [6.07, 6.45) is 6.01. The lowest BCUT2D eigenvalue weighted by Crippen LogP contribution is -2.38. The van der Waals surface area contributed by atoms with Crippen molar-refractivity contribution < 1.29 is 5.11 Å². The van der Waals surface area contributed by atoms with Crippen molar-refractivity contribution in [3.8, 4) is 0 Å². The molecule has 2 aliphatic heterocycles. The second-order valence-electron chi connectivity index (χ2n) is 5.07. The maximum atomic E-state index is 9.41. The Morgan fingerprint density at radius 2 is 2.00 bits per heavy atom. The summed E-state index contributed by atoms with van der Waals surface area (Å²) < 4.78 is 0. The lowest BCUT2D eigenvalue weighted by Gasteiger charge is -2.31. The summed E-state index contributed by atoms with van der Waals surface area (Å²) in [5, 5.41) is 12.9. The molecule has 2 N–H and O–H groups in total. The van der Waals surface area contributed by atoms with Crippen LogP contribution in [0.1, 0.15) is 32.1 Å². The molecular weight excluding hydrogens is 188 g/mol. The van der Waals surface area contributed by atoms with Gasteiger partial charge in [-0.2, -0.15) is 0 Å². The summed E-state index contributed by atoms with van der Waals surface area (Å²) in [5.41, 5.74) is 0. The van der Waals surface area contributed by atoms with E-state index < -0.39 is 0 Å². The molecule has 0 radical (unpaired) electrons. The standard InChI is InChI=1S/C12H24N2O/c15-12-4-8-14(9-5-12)7-3-11-2-1-6-13-10-11/h11-13,15H,1-10H2/t11-/m1/s1. The SMILES string of the molecule is OC1CCN(CC[C@H]2CCCNC2)CC1. The van der Waals surface area contributed by atoms with Crippen molar-refractivity contribution in [2.24, 2.45) is 5.92 Å². The average Bonchev–Trinajstić information content (AvgIpc) is 2.30. The number of aliphatic hydroxyl groups excluding tert-OH is 1. The first-order chi connectivity index (χ1) is 7.34. The topological polar surface area (TPSA) is 35.5 Å². The highest BCUT2D eigenvalue weighted by molar-refractivity contribution is 4.74. The van der Waals surface area contributed by atoms with Crippen molar-refractivity contribution in [3.05, 3.63) is 0 Å². The van der Waals surface area contributed by atoms with Crippen LogP contribution in [0.2, 0.25) is 0 Å². The Balaban J connectivity index is 1.60. The predicted molar refractivity (Wildman–Crippen MR) is 61.9 cm³/mol. The Hall–Kier alpha value is -0.120. The van der Waals surface area contributed by atoms with Gasteiger partial charge in [-0.15, -0.1) is 0 Å². The Bertz CT molecular complexity index is 172. The van der Waals surface area contributed by atoms with Crippen molar-refractivity contribution in [2.75, 3.05) is 32.7 Å². The van der Waals surface area contributed by atoms with E-state index in [2.05, 4.69) is 10.2 Å². The van der Waals surface area contributed by atoms with E-state index in [9.17, 15) is 5.11 Å². The summed E-state index contributed by atoms with van der Waals surface area (Å²) in [5.74, 6) is 0.894. The van der Waals surface area contributed by atoms with Crippen molar-refractivity contribution in [1.29, 1.82) is 0 Å². The molecule has 0 aromatic rings. The molecule has 88 valence electrons. The van der Waals surface area contributed by atoms with Crippen LogP contribution in [0.4, 0.5) is 0 Å². The number of likely N-dealkylation sites (tertiary alicyclic amines) is 1. The molecule has 0 unspecified atom stereocenters. The molecule has 3 nitrogen and oxygen atoms in total. The highest BCUT2D eigenvalue weighted by atomic mass is 16.3. The lowest BCUT2D eigenvalue weighted by molar-refractivity contribution is 0.0790. The molecule has 0 amide bonds. The molecule has 0 saturated carbocycles. The van der Waals surface area contributed by atoms with Crippen molar-refractivity contribution in [3.63, 3.8) is 0 Å². The fourth-order valence-electron chi connectivity index (χ4n) is 2.68. The minimum absolute atomic E-state index is 0.0300. The van der Waals surface area contributed by atoms with Gasteiger partial charge < -0.3 is 15.3 Å². The number of nitrogens with one attached hydrogen (secondary N) is 1. The highest BCUT2D eigenvalue weighted by Crippen LogP contribution is 2.16. The van der Waals surface area contributed by atoms with Gasteiger partial charge in [0.2, 0.25) is 0 Å². The quantitative estimate of drug-likeness (QED) is 0.727. The Labute approximate surface area is 92.8 Å². The number of rotatable bonds is 3. The van der Waals surface area contributed by atoms with Crippen molar-refractivity contribution in [1.82, 2.24) is 10.2 Å². The van der Waals surface area contributed by atoms with Crippen LogP contribution in [0, 0.1) is 5.92 Å². The van der Waals surface area contributed by atoms with Gasteiger partial charge in [0.1, 0.15) is 0 Å². The third kappa shape index (κ3) is 3.74. The van der Waals surface area contributed by atoms with Crippen LogP contribution in [0.3, 0.4) is 0 Å². The predicted octanol–water partition coefficient (Wildman–Crippen LogP) is 0.833. The number of nitrogens with zero attached hydrogens (tertiary/aromatic N) is 1. The maximum absolute atomic E-state index is 9.41. The number of piperidine rings is 2. The van der Waals surface area contributed by atoms with Gasteiger partial charge in [0.15, 0.2) is 0 Å². The van der Waals surface area contributed by atoms with Gasteiger partial charge in [-0.1, -0.05) is 0 Å². The van der Waals surface area contributed by atoms with Crippen LogP contribution >= 0.6 is 0 Å². The zero-order valence-corrected chi connectivity index (χ0v) is 9.62. The van der Waals surface area contributed by atoms with Gasteiger partial charge in [0.05, 0.1) is 6.10 Å². The second kappa shape index (κ2) is 5.83. The van der Waals surface area contributed by atoms with E-state index in [1.54, 1.807) is 0 Å². The molecule has 2 aliphatic rings. The fraction of sp³-hybridized carbons (Fsp3) is 1.00. The monoisotopic (exact) mass is 212 g/mol. The summed E-state index contributed by atoms with van der Waals surface area (Å²) in [6, 6.07) is 0. The molecule has 3 heteroatoms. The minimum atomic E-state index is -0.0300. The van der Waals surface area contributed by atoms with Gasteiger partial charge in [-0.25, -0.2) is 0 Å². The zero-order valence-electron chi connectivity index (χ0n) is 9.62. The third-order valence-corrected chi connectivity index (χ3v) is 3.81. The molecule has 2 heterocycles. The number of hydrogen-bond acceptors (Lipinski definition) is 3. The lowest BCUT2D eigenvalue weighted by atomic mass is 9.95. The summed E-state index contributed by atoms with van der Waals surface area (Å²) in [7, 11) is 0. The molecule has 2 rings (SSSR count). The van der Waals surface area contributed by atoms with E-state index in [0.717, 1.165) is 31.8 Å². The van der Waals surface area contributed by atoms with E-state index in [1.807, 2.05) is 0 Å². The van der Waals surface area contributed by atoms with Crippen LogP contribution < -0.4 is 5.32 Å². The molecule has 0 aromatic carbocycles. The van der Waals surface area contributed by atoms with Crippen molar-refractivity contribution >= 4 is 0 Å². The molecule has 2 fully saturated rings. The number of hydrogen-bond donors (Lipinski definition) is 2. The Morgan fingerprint density at radius 3 is 2.67 bits per heavy atom. The first-order valence-electron chi connectivity index (χ1n) is 6.46. The first kappa shape index (κ1) is 11.4. The van der Waals surface area contributed by atoms with E-state index in [0.29, 0.717) is 0 Å². The van der Waals surface area contributed by atoms with Crippen molar-refractivity contribution in [2.45, 2.75) is 38.2 Å². The van der Waals surface area contributed by atoms with Crippen LogP contribution in [0.5, 0.6) is 0 Å². The average molecular weight is 212 g/mol. The molecule has 0 aliphatic carbocycles. The van der Waals surface area contributed by atoms with Gasteiger partial charge in [-0.3, -0.25) is 0 Å². The molecule has 0 bridgehead atoms. The van der Waals surface area contributed by atoms with Crippen LogP contribution in [0.25, 0.3) is 0 Å². The van der Waals surface area contributed by atoms with E-state index >= 15 is 0 Å². The highest BCUT2D eigenvalue weighted by Gasteiger charge is 2.18. The molecule has 0 spiro atoms. The summed E-state index contributed by atoms with van der Waals surface area (Å²) >= 11 is 0. The normalized spacial score (nSPS) is 30.6. The van der Waals surface area contributed by atoms with Crippen LogP contribution in [-0.2, 0) is 0 Å². The van der Waals surface area contributed by atoms with E-state index in [1.165, 1.54) is 38.9 Å². The Kier molecular flexibility index (Phi) is 4.42.